The smallest absolute Gasteiger partial charge is 0.139 e. The Labute approximate surface area is 133 Å². The Morgan fingerprint density at radius 2 is 2.14 bits per heavy atom. The Balaban J connectivity index is 1.78. The zero-order valence-electron chi connectivity index (χ0n) is 12.8. The lowest BCUT2D eigenvalue weighted by molar-refractivity contribution is 0.830. The van der Waals surface area contributed by atoms with Crippen molar-refractivity contribution in [3.63, 3.8) is 0 Å². The predicted octanol–water partition coefficient (Wildman–Crippen LogP) is 4.06. The maximum absolute atomic E-state index is 4.67. The molecule has 0 fully saturated rings. The van der Waals surface area contributed by atoms with Crippen LogP contribution >= 0.6 is 11.3 Å². The minimum Gasteiger partial charge on any atom is -0.361 e. The van der Waals surface area contributed by atoms with Gasteiger partial charge in [-0.2, -0.15) is 0 Å². The number of rotatable bonds is 3. The highest BCUT2D eigenvalue weighted by atomic mass is 32.1. The molecule has 0 aliphatic heterocycles. The topological polar surface area (TPSA) is 50.7 Å². The summed E-state index contributed by atoms with van der Waals surface area (Å²) in [5.41, 5.74) is 2.48. The lowest BCUT2D eigenvalue weighted by Gasteiger charge is -2.15. The molecule has 112 valence electrons. The minimum absolute atomic E-state index is 0.121. The van der Waals surface area contributed by atoms with Crippen LogP contribution in [0.4, 0.5) is 5.82 Å². The summed E-state index contributed by atoms with van der Waals surface area (Å²) < 4.78 is 0. The summed E-state index contributed by atoms with van der Waals surface area (Å²) >= 11 is 1.83. The largest absolute Gasteiger partial charge is 0.361 e. The molecule has 0 saturated carbocycles. The predicted molar refractivity (Wildman–Crippen MR) is 90.5 cm³/mol. The molecule has 0 radical (unpaired) electrons. The Bertz CT molecular complexity index is 826. The van der Waals surface area contributed by atoms with Crippen LogP contribution in [-0.4, -0.2) is 15.0 Å². The molecule has 1 aliphatic rings. The van der Waals surface area contributed by atoms with Gasteiger partial charge in [0.2, 0.25) is 0 Å². The number of nitrogens with one attached hydrogen (secondary N) is 1. The minimum atomic E-state index is 0.121. The second-order valence-corrected chi connectivity index (χ2v) is 6.86. The number of fused-ring (bicyclic) bond motifs is 3. The third-order valence-corrected chi connectivity index (χ3v) is 5.35. The molecule has 4 rings (SSSR count). The molecule has 3 aromatic heterocycles. The van der Waals surface area contributed by atoms with Crippen molar-refractivity contribution in [3.8, 4) is 0 Å². The maximum Gasteiger partial charge on any atom is 0.139 e. The second-order valence-electron chi connectivity index (χ2n) is 5.78. The van der Waals surface area contributed by atoms with Crippen molar-refractivity contribution in [3.05, 3.63) is 46.4 Å². The third kappa shape index (κ3) is 2.25. The normalized spacial score (nSPS) is 15.0. The van der Waals surface area contributed by atoms with Gasteiger partial charge in [0, 0.05) is 11.1 Å². The van der Waals surface area contributed by atoms with E-state index in [-0.39, 0.29) is 6.04 Å². The van der Waals surface area contributed by atoms with Crippen LogP contribution < -0.4 is 5.32 Å². The number of hydrogen-bond donors (Lipinski definition) is 1. The van der Waals surface area contributed by atoms with Crippen LogP contribution in [0.1, 0.15) is 41.3 Å². The van der Waals surface area contributed by atoms with Crippen molar-refractivity contribution in [2.24, 2.45) is 0 Å². The fraction of sp³-hybridized carbons (Fsp3) is 0.353. The number of nitrogens with zero attached hydrogens (tertiary/aromatic N) is 3. The van der Waals surface area contributed by atoms with E-state index in [0.29, 0.717) is 0 Å². The van der Waals surface area contributed by atoms with Crippen LogP contribution in [0.5, 0.6) is 0 Å². The lowest BCUT2D eigenvalue weighted by Crippen LogP contribution is -2.10. The van der Waals surface area contributed by atoms with Crippen LogP contribution in [0.2, 0.25) is 0 Å². The van der Waals surface area contributed by atoms with E-state index in [1.165, 1.54) is 28.7 Å². The highest BCUT2D eigenvalue weighted by Crippen LogP contribution is 2.40. The molecule has 1 aliphatic carbocycles. The molecule has 0 amide bonds. The molecule has 1 N–H and O–H groups in total. The summed E-state index contributed by atoms with van der Waals surface area (Å²) in [5, 5.41) is 4.78. The van der Waals surface area contributed by atoms with E-state index in [1.54, 1.807) is 0 Å². The van der Waals surface area contributed by atoms with Crippen molar-refractivity contribution in [1.29, 1.82) is 0 Å². The van der Waals surface area contributed by atoms with Gasteiger partial charge in [-0.05, 0) is 50.8 Å². The van der Waals surface area contributed by atoms with Crippen molar-refractivity contribution in [2.75, 3.05) is 5.32 Å². The first kappa shape index (κ1) is 13.6. The quantitative estimate of drug-likeness (QED) is 0.792. The van der Waals surface area contributed by atoms with Gasteiger partial charge < -0.3 is 5.32 Å². The second kappa shape index (κ2) is 5.32. The van der Waals surface area contributed by atoms with E-state index < -0.39 is 0 Å². The van der Waals surface area contributed by atoms with Crippen LogP contribution in [0.15, 0.2) is 24.4 Å². The number of aryl methyl sites for hydroxylation is 3. The lowest BCUT2D eigenvalue weighted by atomic mass is 10.1. The number of anilines is 1. The van der Waals surface area contributed by atoms with Gasteiger partial charge in [0.25, 0.3) is 0 Å². The van der Waals surface area contributed by atoms with Crippen LogP contribution in [0.25, 0.3) is 10.2 Å². The molecule has 0 unspecified atom stereocenters. The van der Waals surface area contributed by atoms with E-state index in [1.807, 2.05) is 42.7 Å². The van der Waals surface area contributed by atoms with E-state index in [2.05, 4.69) is 27.2 Å². The summed E-state index contributed by atoms with van der Waals surface area (Å²) in [6.07, 6.45) is 5.41. The number of thiophene rings is 1. The first-order chi connectivity index (χ1) is 10.7. The average molecular weight is 310 g/mol. The zero-order chi connectivity index (χ0) is 15.1. The van der Waals surface area contributed by atoms with E-state index >= 15 is 0 Å². The number of hydrogen-bond acceptors (Lipinski definition) is 5. The molecule has 3 heterocycles. The SMILES string of the molecule is Cc1nc(N[C@@H](C)c2ccccn2)c2c3c(sc2n1)CCC3. The summed E-state index contributed by atoms with van der Waals surface area (Å²) in [6, 6.07) is 6.12. The summed E-state index contributed by atoms with van der Waals surface area (Å²) in [5.74, 6) is 1.78. The van der Waals surface area contributed by atoms with Gasteiger partial charge in [-0.3, -0.25) is 4.98 Å². The van der Waals surface area contributed by atoms with Crippen LogP contribution in [-0.2, 0) is 12.8 Å². The Hall–Kier alpha value is -2.01. The van der Waals surface area contributed by atoms with Crippen molar-refractivity contribution >= 4 is 27.4 Å². The molecule has 0 saturated heterocycles. The fourth-order valence-electron chi connectivity index (χ4n) is 3.12. The Morgan fingerprint density at radius 1 is 1.23 bits per heavy atom. The standard InChI is InChI=1S/C17H18N4S/c1-10(13-7-3-4-9-18-13)19-16-15-12-6-5-8-14(12)22-17(15)21-11(2)20-16/h3-4,7,9-10H,5-6,8H2,1-2H3,(H,19,20,21)/t10-/m0/s1. The molecule has 22 heavy (non-hydrogen) atoms. The van der Waals surface area contributed by atoms with Gasteiger partial charge in [0.05, 0.1) is 17.1 Å². The summed E-state index contributed by atoms with van der Waals surface area (Å²) in [7, 11) is 0. The van der Waals surface area contributed by atoms with Gasteiger partial charge in [0.1, 0.15) is 16.5 Å². The molecular weight excluding hydrogens is 292 g/mol. The third-order valence-electron chi connectivity index (χ3n) is 4.16. The van der Waals surface area contributed by atoms with Gasteiger partial charge in [-0.1, -0.05) is 6.07 Å². The van der Waals surface area contributed by atoms with E-state index in [9.17, 15) is 0 Å². The molecule has 5 heteroatoms. The van der Waals surface area contributed by atoms with Gasteiger partial charge in [0.15, 0.2) is 0 Å². The van der Waals surface area contributed by atoms with E-state index in [0.717, 1.165) is 28.6 Å². The molecule has 0 spiro atoms. The van der Waals surface area contributed by atoms with E-state index in [4.69, 9.17) is 0 Å². The monoisotopic (exact) mass is 310 g/mol. The first-order valence-corrected chi connectivity index (χ1v) is 8.50. The first-order valence-electron chi connectivity index (χ1n) is 7.68. The van der Waals surface area contributed by atoms with Crippen molar-refractivity contribution in [2.45, 2.75) is 39.2 Å². The Morgan fingerprint density at radius 3 is 2.95 bits per heavy atom. The number of aromatic nitrogens is 3. The highest BCUT2D eigenvalue weighted by Gasteiger charge is 2.22. The molecule has 1 atom stereocenters. The van der Waals surface area contributed by atoms with Crippen LogP contribution in [0, 0.1) is 6.92 Å². The summed E-state index contributed by atoms with van der Waals surface area (Å²) in [6.45, 7) is 4.08. The highest BCUT2D eigenvalue weighted by molar-refractivity contribution is 7.19. The number of pyridine rings is 1. The molecule has 4 nitrogen and oxygen atoms in total. The molecule has 3 aromatic rings. The van der Waals surface area contributed by atoms with Crippen LogP contribution in [0.3, 0.4) is 0 Å². The summed E-state index contributed by atoms with van der Waals surface area (Å²) in [4.78, 5) is 16.3. The van der Waals surface area contributed by atoms with Crippen molar-refractivity contribution in [1.82, 2.24) is 15.0 Å². The fourth-order valence-corrected chi connectivity index (χ4v) is 4.42. The molecular formula is C17H18N4S. The maximum atomic E-state index is 4.67. The van der Waals surface area contributed by atoms with Gasteiger partial charge in [-0.25, -0.2) is 9.97 Å². The zero-order valence-corrected chi connectivity index (χ0v) is 13.6. The Kier molecular flexibility index (Phi) is 3.30. The van der Waals surface area contributed by atoms with Gasteiger partial charge >= 0.3 is 0 Å². The molecule has 0 bridgehead atoms. The molecule has 0 aromatic carbocycles. The van der Waals surface area contributed by atoms with Gasteiger partial charge in [-0.15, -0.1) is 11.3 Å². The van der Waals surface area contributed by atoms with Crippen molar-refractivity contribution < 1.29 is 0 Å². The average Bonchev–Trinajstić information content (AvgIpc) is 3.08.